The van der Waals surface area contributed by atoms with E-state index in [1.165, 1.54) is 18.2 Å². The molecule has 0 aromatic heterocycles. The van der Waals surface area contributed by atoms with Crippen LogP contribution in [0.5, 0.6) is 0 Å². The number of rotatable bonds is 6. The van der Waals surface area contributed by atoms with Crippen LogP contribution >= 0.6 is 0 Å². The summed E-state index contributed by atoms with van der Waals surface area (Å²) in [5.74, 6) is -0.507. The first kappa shape index (κ1) is 16.5. The van der Waals surface area contributed by atoms with Gasteiger partial charge in [-0.05, 0) is 31.0 Å². The molecule has 3 N–H and O–H groups in total. The largest absolute Gasteiger partial charge is 0.416 e. The Bertz CT molecular complexity index is 446. The maximum absolute atomic E-state index is 12.8. The molecule has 6 heteroatoms. The van der Waals surface area contributed by atoms with Crippen molar-refractivity contribution in [2.75, 3.05) is 6.54 Å². The van der Waals surface area contributed by atoms with Crippen LogP contribution in [0.2, 0.25) is 0 Å². The van der Waals surface area contributed by atoms with Crippen molar-refractivity contribution >= 4 is 5.91 Å². The molecule has 0 heterocycles. The zero-order valence-corrected chi connectivity index (χ0v) is 11.3. The lowest BCUT2D eigenvalue weighted by Crippen LogP contribution is -2.29. The number of amides is 1. The van der Waals surface area contributed by atoms with Crippen LogP contribution in [-0.2, 0) is 17.5 Å². The normalized spacial score (nSPS) is 13.1. The topological polar surface area (TPSA) is 55.1 Å². The molecule has 112 valence electrons. The van der Waals surface area contributed by atoms with E-state index < -0.39 is 11.7 Å². The number of halogens is 3. The SMILES string of the molecule is CC(CCCN)C(=O)NCc1ccccc1C(F)(F)F. The molecule has 0 bridgehead atoms. The molecule has 0 aliphatic carbocycles. The van der Waals surface area contributed by atoms with Gasteiger partial charge < -0.3 is 11.1 Å². The van der Waals surface area contributed by atoms with Crippen LogP contribution in [0.3, 0.4) is 0 Å². The van der Waals surface area contributed by atoms with Gasteiger partial charge in [0.15, 0.2) is 0 Å². The zero-order valence-electron chi connectivity index (χ0n) is 11.3. The number of carbonyl (C=O) groups is 1. The summed E-state index contributed by atoms with van der Waals surface area (Å²) in [6.07, 6.45) is -3.07. The highest BCUT2D eigenvalue weighted by molar-refractivity contribution is 5.78. The van der Waals surface area contributed by atoms with Gasteiger partial charge in [-0.1, -0.05) is 25.1 Å². The predicted octanol–water partition coefficient (Wildman–Crippen LogP) is 2.70. The Kier molecular flexibility index (Phi) is 6.01. The van der Waals surface area contributed by atoms with Crippen LogP contribution in [0.25, 0.3) is 0 Å². The summed E-state index contributed by atoms with van der Waals surface area (Å²) in [7, 11) is 0. The molecule has 0 radical (unpaired) electrons. The lowest BCUT2D eigenvalue weighted by Gasteiger charge is -2.15. The van der Waals surface area contributed by atoms with Crippen LogP contribution in [0.4, 0.5) is 13.2 Å². The standard InChI is InChI=1S/C14H19F3N2O/c1-10(5-4-8-18)13(20)19-9-11-6-2-3-7-12(11)14(15,16)17/h2-3,6-7,10H,4-5,8-9,18H2,1H3,(H,19,20). The molecule has 0 aliphatic heterocycles. The molecule has 0 aliphatic rings. The van der Waals surface area contributed by atoms with Gasteiger partial charge in [-0.3, -0.25) is 4.79 Å². The molecule has 3 nitrogen and oxygen atoms in total. The van der Waals surface area contributed by atoms with Crippen molar-refractivity contribution in [2.45, 2.75) is 32.5 Å². The van der Waals surface area contributed by atoms with Gasteiger partial charge >= 0.3 is 6.18 Å². The fourth-order valence-electron chi connectivity index (χ4n) is 1.86. The van der Waals surface area contributed by atoms with Gasteiger partial charge in [0.2, 0.25) is 5.91 Å². The number of hydrogen-bond acceptors (Lipinski definition) is 2. The molecular formula is C14H19F3N2O. The average Bonchev–Trinajstić information content (AvgIpc) is 2.41. The smallest absolute Gasteiger partial charge is 0.352 e. The lowest BCUT2D eigenvalue weighted by molar-refractivity contribution is -0.138. The fourth-order valence-corrected chi connectivity index (χ4v) is 1.86. The molecule has 1 aromatic rings. The summed E-state index contributed by atoms with van der Waals surface area (Å²) in [4.78, 5) is 11.8. The summed E-state index contributed by atoms with van der Waals surface area (Å²) in [5.41, 5.74) is 4.71. The van der Waals surface area contributed by atoms with E-state index in [1.54, 1.807) is 6.92 Å². The van der Waals surface area contributed by atoms with Gasteiger partial charge in [0, 0.05) is 12.5 Å². The van der Waals surface area contributed by atoms with E-state index >= 15 is 0 Å². The summed E-state index contributed by atoms with van der Waals surface area (Å²) in [6, 6.07) is 5.24. The number of benzene rings is 1. The molecule has 0 saturated heterocycles. The minimum absolute atomic E-state index is 0.0689. The Balaban J connectivity index is 2.64. The Morgan fingerprint density at radius 3 is 2.60 bits per heavy atom. The second-order valence-corrected chi connectivity index (χ2v) is 4.70. The van der Waals surface area contributed by atoms with Gasteiger partial charge in [0.1, 0.15) is 0 Å². The molecule has 1 unspecified atom stereocenters. The molecule has 1 aromatic carbocycles. The monoisotopic (exact) mass is 288 g/mol. The highest BCUT2D eigenvalue weighted by atomic mass is 19.4. The number of hydrogen-bond donors (Lipinski definition) is 2. The van der Waals surface area contributed by atoms with Crippen LogP contribution < -0.4 is 11.1 Å². The zero-order chi connectivity index (χ0) is 15.2. The van der Waals surface area contributed by atoms with Crippen molar-refractivity contribution in [1.29, 1.82) is 0 Å². The maximum Gasteiger partial charge on any atom is 0.416 e. The van der Waals surface area contributed by atoms with Crippen molar-refractivity contribution < 1.29 is 18.0 Å². The Morgan fingerprint density at radius 2 is 2.00 bits per heavy atom. The van der Waals surface area contributed by atoms with Crippen molar-refractivity contribution in [3.05, 3.63) is 35.4 Å². The first-order chi connectivity index (χ1) is 9.36. The molecular weight excluding hydrogens is 269 g/mol. The van der Waals surface area contributed by atoms with Crippen LogP contribution in [0.15, 0.2) is 24.3 Å². The number of nitrogens with two attached hydrogens (primary N) is 1. The third-order valence-corrected chi connectivity index (χ3v) is 3.06. The van der Waals surface area contributed by atoms with E-state index in [0.717, 1.165) is 6.07 Å². The molecule has 0 spiro atoms. The van der Waals surface area contributed by atoms with Crippen molar-refractivity contribution in [3.8, 4) is 0 Å². The third-order valence-electron chi connectivity index (χ3n) is 3.06. The van der Waals surface area contributed by atoms with Crippen LogP contribution in [0, 0.1) is 5.92 Å². The van der Waals surface area contributed by atoms with Crippen LogP contribution in [0.1, 0.15) is 30.9 Å². The van der Waals surface area contributed by atoms with E-state index in [0.29, 0.717) is 19.4 Å². The number of alkyl halides is 3. The molecule has 1 amide bonds. The summed E-state index contributed by atoms with van der Waals surface area (Å²) in [6.45, 7) is 2.11. The minimum Gasteiger partial charge on any atom is -0.352 e. The Labute approximate surface area is 116 Å². The molecule has 20 heavy (non-hydrogen) atoms. The van der Waals surface area contributed by atoms with E-state index in [9.17, 15) is 18.0 Å². The van der Waals surface area contributed by atoms with Crippen molar-refractivity contribution in [3.63, 3.8) is 0 Å². The van der Waals surface area contributed by atoms with E-state index in [4.69, 9.17) is 5.73 Å². The second-order valence-electron chi connectivity index (χ2n) is 4.70. The van der Waals surface area contributed by atoms with E-state index in [2.05, 4.69) is 5.32 Å². The maximum atomic E-state index is 12.8. The van der Waals surface area contributed by atoms with Gasteiger partial charge in [0.25, 0.3) is 0 Å². The molecule has 1 rings (SSSR count). The number of carbonyl (C=O) groups excluding carboxylic acids is 1. The minimum atomic E-state index is -4.41. The second kappa shape index (κ2) is 7.28. The number of nitrogens with one attached hydrogen (secondary N) is 1. The predicted molar refractivity (Wildman–Crippen MR) is 70.7 cm³/mol. The average molecular weight is 288 g/mol. The summed E-state index contributed by atoms with van der Waals surface area (Å²) in [5, 5.41) is 2.54. The van der Waals surface area contributed by atoms with Gasteiger partial charge in [-0.15, -0.1) is 0 Å². The van der Waals surface area contributed by atoms with E-state index in [1.807, 2.05) is 0 Å². The lowest BCUT2D eigenvalue weighted by atomic mass is 10.0. The third kappa shape index (κ3) is 4.85. The van der Waals surface area contributed by atoms with Gasteiger partial charge in [-0.2, -0.15) is 13.2 Å². The van der Waals surface area contributed by atoms with Crippen molar-refractivity contribution in [1.82, 2.24) is 5.32 Å². The molecule has 1 atom stereocenters. The highest BCUT2D eigenvalue weighted by Gasteiger charge is 2.32. The molecule has 0 saturated carbocycles. The fraction of sp³-hybridized carbons (Fsp3) is 0.500. The first-order valence-corrected chi connectivity index (χ1v) is 6.49. The van der Waals surface area contributed by atoms with Crippen molar-refractivity contribution in [2.24, 2.45) is 11.7 Å². The van der Waals surface area contributed by atoms with Gasteiger partial charge in [-0.25, -0.2) is 0 Å². The highest BCUT2D eigenvalue weighted by Crippen LogP contribution is 2.31. The first-order valence-electron chi connectivity index (χ1n) is 6.49. The van der Waals surface area contributed by atoms with E-state index in [-0.39, 0.29) is 23.9 Å². The summed E-state index contributed by atoms with van der Waals surface area (Å²) >= 11 is 0. The molecule has 0 fully saturated rings. The summed E-state index contributed by atoms with van der Waals surface area (Å²) < 4.78 is 38.3. The Morgan fingerprint density at radius 1 is 1.35 bits per heavy atom. The van der Waals surface area contributed by atoms with Crippen LogP contribution in [-0.4, -0.2) is 12.5 Å². The quantitative estimate of drug-likeness (QED) is 0.845. The van der Waals surface area contributed by atoms with Gasteiger partial charge in [0.05, 0.1) is 5.56 Å². The Hall–Kier alpha value is -1.56.